The second kappa shape index (κ2) is 8.34. The molecule has 26 heavy (non-hydrogen) atoms. The number of carbonyl (C=O) groups is 3. The maximum atomic E-state index is 13.0. The number of hydrogen-bond donors (Lipinski definition) is 0. The molecule has 0 saturated carbocycles. The Hall–Kier alpha value is -2.37. The molecule has 6 nitrogen and oxygen atoms in total. The first kappa shape index (κ1) is 19.9. The van der Waals surface area contributed by atoms with E-state index in [1.165, 1.54) is 0 Å². The van der Waals surface area contributed by atoms with Crippen molar-refractivity contribution in [2.45, 2.75) is 58.6 Å². The van der Waals surface area contributed by atoms with Crippen molar-refractivity contribution in [2.24, 2.45) is 5.92 Å². The smallest absolute Gasteiger partial charge is 0.417 e. The summed E-state index contributed by atoms with van der Waals surface area (Å²) in [7, 11) is 0. The van der Waals surface area contributed by atoms with Gasteiger partial charge >= 0.3 is 12.1 Å². The standard InChI is InChI=1S/C20H27NO5/c1-5-9-15(12-17(22)26-20(2,3)4)18(23)21-16(13-25-19(21)24)14-10-7-6-8-11-14/h6-8,10-11,15-16H,5,9,12-13H2,1-4H3/t15-,16-/m1/s1. The topological polar surface area (TPSA) is 72.9 Å². The predicted octanol–water partition coefficient (Wildman–Crippen LogP) is 3.85. The van der Waals surface area contributed by atoms with Gasteiger partial charge in [-0.3, -0.25) is 9.59 Å². The number of rotatable bonds is 6. The zero-order chi connectivity index (χ0) is 19.3. The van der Waals surface area contributed by atoms with Crippen LogP contribution < -0.4 is 0 Å². The number of amides is 2. The molecule has 0 N–H and O–H groups in total. The summed E-state index contributed by atoms with van der Waals surface area (Å²) in [5, 5.41) is 0. The molecule has 0 spiro atoms. The van der Waals surface area contributed by atoms with Crippen LogP contribution in [0.5, 0.6) is 0 Å². The molecule has 1 aliphatic heterocycles. The average Bonchev–Trinajstić information content (AvgIpc) is 2.94. The lowest BCUT2D eigenvalue weighted by Gasteiger charge is -2.26. The van der Waals surface area contributed by atoms with E-state index in [0.29, 0.717) is 6.42 Å². The van der Waals surface area contributed by atoms with Crippen LogP contribution in [0.1, 0.15) is 58.6 Å². The van der Waals surface area contributed by atoms with Gasteiger partial charge in [-0.05, 0) is 32.8 Å². The molecule has 2 atom stereocenters. The summed E-state index contributed by atoms with van der Waals surface area (Å²) in [5.41, 5.74) is 0.218. The maximum absolute atomic E-state index is 13.0. The Morgan fingerprint density at radius 3 is 2.50 bits per heavy atom. The third-order valence-corrected chi connectivity index (χ3v) is 4.11. The van der Waals surface area contributed by atoms with Gasteiger partial charge in [-0.2, -0.15) is 0 Å². The van der Waals surface area contributed by atoms with E-state index < -0.39 is 29.6 Å². The summed E-state index contributed by atoms with van der Waals surface area (Å²) in [6.45, 7) is 7.41. The van der Waals surface area contributed by atoms with E-state index in [4.69, 9.17) is 9.47 Å². The molecule has 0 unspecified atom stereocenters. The van der Waals surface area contributed by atoms with Crippen molar-refractivity contribution in [3.8, 4) is 0 Å². The van der Waals surface area contributed by atoms with Crippen molar-refractivity contribution in [3.05, 3.63) is 35.9 Å². The number of nitrogens with zero attached hydrogens (tertiary/aromatic N) is 1. The Labute approximate surface area is 154 Å². The molecule has 6 heteroatoms. The Morgan fingerprint density at radius 1 is 1.27 bits per heavy atom. The first-order valence-electron chi connectivity index (χ1n) is 8.99. The fourth-order valence-corrected chi connectivity index (χ4v) is 3.03. The first-order chi connectivity index (χ1) is 12.2. The molecule has 1 aliphatic rings. The Bertz CT molecular complexity index is 650. The average molecular weight is 361 g/mol. The quantitative estimate of drug-likeness (QED) is 0.720. The largest absolute Gasteiger partial charge is 0.460 e. The third-order valence-electron chi connectivity index (χ3n) is 4.11. The number of hydrogen-bond acceptors (Lipinski definition) is 5. The molecule has 1 aromatic rings. The maximum Gasteiger partial charge on any atom is 0.417 e. The second-order valence-electron chi connectivity index (χ2n) is 7.49. The van der Waals surface area contributed by atoms with Gasteiger partial charge in [0.05, 0.1) is 6.42 Å². The van der Waals surface area contributed by atoms with Crippen LogP contribution in [0.3, 0.4) is 0 Å². The SMILES string of the molecule is CCC[C@H](CC(=O)OC(C)(C)C)C(=O)N1C(=O)OC[C@@H]1c1ccccc1. The van der Waals surface area contributed by atoms with Gasteiger partial charge in [0.1, 0.15) is 18.2 Å². The molecule has 1 heterocycles. The van der Waals surface area contributed by atoms with Crippen LogP contribution in [0.4, 0.5) is 4.79 Å². The number of benzene rings is 1. The molecule has 0 bridgehead atoms. The van der Waals surface area contributed by atoms with E-state index in [0.717, 1.165) is 16.9 Å². The summed E-state index contributed by atoms with van der Waals surface area (Å²) in [5.74, 6) is -1.42. The van der Waals surface area contributed by atoms with Crippen molar-refractivity contribution in [1.29, 1.82) is 0 Å². The number of cyclic esters (lactones) is 1. The summed E-state index contributed by atoms with van der Waals surface area (Å²) in [4.78, 5) is 38.6. The predicted molar refractivity (Wildman–Crippen MR) is 96.2 cm³/mol. The minimum atomic E-state index is -0.658. The van der Waals surface area contributed by atoms with Crippen molar-refractivity contribution >= 4 is 18.0 Å². The number of carbonyl (C=O) groups excluding carboxylic acids is 3. The molecular weight excluding hydrogens is 334 g/mol. The normalized spacial score (nSPS) is 18.4. The van der Waals surface area contributed by atoms with Crippen LogP contribution >= 0.6 is 0 Å². The van der Waals surface area contributed by atoms with Crippen LogP contribution in [0.15, 0.2) is 30.3 Å². The van der Waals surface area contributed by atoms with Gasteiger partial charge in [0.25, 0.3) is 0 Å². The zero-order valence-corrected chi connectivity index (χ0v) is 15.9. The van der Waals surface area contributed by atoms with Gasteiger partial charge in [-0.15, -0.1) is 0 Å². The van der Waals surface area contributed by atoms with Crippen molar-refractivity contribution in [2.75, 3.05) is 6.61 Å². The van der Waals surface area contributed by atoms with Crippen LogP contribution in [0.2, 0.25) is 0 Å². The third kappa shape index (κ3) is 5.07. The molecule has 142 valence electrons. The van der Waals surface area contributed by atoms with Crippen molar-refractivity contribution in [1.82, 2.24) is 4.90 Å². The van der Waals surface area contributed by atoms with Crippen LogP contribution in [0, 0.1) is 5.92 Å². The van der Waals surface area contributed by atoms with Gasteiger partial charge in [0.2, 0.25) is 5.91 Å². The highest BCUT2D eigenvalue weighted by Crippen LogP contribution is 2.31. The zero-order valence-electron chi connectivity index (χ0n) is 15.9. The van der Waals surface area contributed by atoms with Gasteiger partial charge < -0.3 is 9.47 Å². The van der Waals surface area contributed by atoms with Crippen LogP contribution in [-0.4, -0.2) is 35.1 Å². The van der Waals surface area contributed by atoms with Crippen molar-refractivity contribution in [3.63, 3.8) is 0 Å². The van der Waals surface area contributed by atoms with E-state index >= 15 is 0 Å². The van der Waals surface area contributed by atoms with E-state index in [1.807, 2.05) is 37.3 Å². The van der Waals surface area contributed by atoms with E-state index in [2.05, 4.69) is 0 Å². The Balaban J connectivity index is 2.18. The lowest BCUT2D eigenvalue weighted by atomic mass is 9.96. The van der Waals surface area contributed by atoms with Crippen LogP contribution in [-0.2, 0) is 19.1 Å². The monoisotopic (exact) mass is 361 g/mol. The van der Waals surface area contributed by atoms with E-state index in [-0.39, 0.29) is 18.9 Å². The number of esters is 1. The van der Waals surface area contributed by atoms with Gasteiger partial charge in [-0.25, -0.2) is 9.69 Å². The summed E-state index contributed by atoms with van der Waals surface area (Å²) < 4.78 is 10.5. The molecule has 1 fully saturated rings. The fraction of sp³-hybridized carbons (Fsp3) is 0.550. The molecule has 2 amide bonds. The molecule has 0 radical (unpaired) electrons. The molecule has 1 aromatic carbocycles. The van der Waals surface area contributed by atoms with E-state index in [1.54, 1.807) is 20.8 Å². The molecule has 2 rings (SSSR count). The summed E-state index contributed by atoms with van der Waals surface area (Å²) in [6.07, 6.45) is 0.519. The lowest BCUT2D eigenvalue weighted by Crippen LogP contribution is -2.40. The highest BCUT2D eigenvalue weighted by molar-refractivity contribution is 5.96. The molecular formula is C20H27NO5. The highest BCUT2D eigenvalue weighted by atomic mass is 16.6. The fourth-order valence-electron chi connectivity index (χ4n) is 3.03. The lowest BCUT2D eigenvalue weighted by molar-refractivity contribution is -0.158. The Morgan fingerprint density at radius 2 is 1.92 bits per heavy atom. The van der Waals surface area contributed by atoms with Gasteiger partial charge in [0, 0.05) is 5.92 Å². The van der Waals surface area contributed by atoms with Gasteiger partial charge in [-0.1, -0.05) is 43.7 Å². The first-order valence-corrected chi connectivity index (χ1v) is 8.99. The number of ether oxygens (including phenoxy) is 2. The Kier molecular flexibility index (Phi) is 6.40. The summed E-state index contributed by atoms with van der Waals surface area (Å²) in [6, 6.07) is 8.82. The highest BCUT2D eigenvalue weighted by Gasteiger charge is 2.42. The van der Waals surface area contributed by atoms with Gasteiger partial charge in [0.15, 0.2) is 0 Å². The summed E-state index contributed by atoms with van der Waals surface area (Å²) >= 11 is 0. The van der Waals surface area contributed by atoms with Crippen molar-refractivity contribution < 1.29 is 23.9 Å². The van der Waals surface area contributed by atoms with Crippen LogP contribution in [0.25, 0.3) is 0 Å². The minimum absolute atomic E-state index is 0.0464. The molecule has 0 aliphatic carbocycles. The molecule has 0 aromatic heterocycles. The molecule has 1 saturated heterocycles. The van der Waals surface area contributed by atoms with E-state index in [9.17, 15) is 14.4 Å². The number of imide groups is 1. The second-order valence-corrected chi connectivity index (χ2v) is 7.49. The minimum Gasteiger partial charge on any atom is -0.460 e.